The lowest BCUT2D eigenvalue weighted by atomic mass is 9.71. The van der Waals surface area contributed by atoms with Crippen molar-refractivity contribution in [2.24, 2.45) is 34.6 Å². The normalized spacial score (nSPS) is 47.1. The Morgan fingerprint density at radius 2 is 1.73 bits per heavy atom. The monoisotopic (exact) mass is 635 g/mol. The molecule has 2 unspecified atom stereocenters. The molecule has 4 rings (SSSR count). The third-order valence-corrected chi connectivity index (χ3v) is 9.54. The Bertz CT molecular complexity index is 933. The van der Waals surface area contributed by atoms with Crippen molar-refractivity contribution in [1.29, 1.82) is 0 Å². The predicted octanol–water partition coefficient (Wildman–Crippen LogP) is -6.64. The summed E-state index contributed by atoms with van der Waals surface area (Å²) in [4.78, 5) is 13.1. The van der Waals surface area contributed by atoms with Gasteiger partial charge >= 0.3 is 0 Å². The summed E-state index contributed by atoms with van der Waals surface area (Å²) in [6.45, 7) is 0.514. The van der Waals surface area contributed by atoms with E-state index in [1.54, 1.807) is 0 Å². The van der Waals surface area contributed by atoms with Gasteiger partial charge in [0.1, 0.15) is 30.0 Å². The summed E-state index contributed by atoms with van der Waals surface area (Å²) >= 11 is 0. The first kappa shape index (κ1) is 35.7. The van der Waals surface area contributed by atoms with Gasteiger partial charge in [-0.05, 0) is 32.2 Å². The van der Waals surface area contributed by atoms with Crippen molar-refractivity contribution in [3.05, 3.63) is 0 Å². The van der Waals surface area contributed by atoms with E-state index in [0.717, 1.165) is 0 Å². The number of carbonyl (C=O) groups excluding carboxylic acids is 1. The van der Waals surface area contributed by atoms with Crippen LogP contribution in [0.15, 0.2) is 0 Å². The second-order valence-electron chi connectivity index (χ2n) is 13.0. The molecule has 1 amide bonds. The molecule has 18 N–H and O–H groups in total. The summed E-state index contributed by atoms with van der Waals surface area (Å²) in [7, 11) is 0. The topological polar surface area (TPSA) is 320 Å². The van der Waals surface area contributed by atoms with Crippen LogP contribution in [0.5, 0.6) is 0 Å². The molecule has 2 saturated heterocycles. The van der Waals surface area contributed by atoms with E-state index in [2.05, 4.69) is 10.6 Å². The molecule has 17 nitrogen and oxygen atoms in total. The van der Waals surface area contributed by atoms with Crippen LogP contribution in [0, 0.1) is 5.92 Å². The molecular formula is C27H53N7O10. The van der Waals surface area contributed by atoms with Crippen LogP contribution in [-0.4, -0.2) is 154 Å². The summed E-state index contributed by atoms with van der Waals surface area (Å²) in [6, 6.07) is -3.72. The molecule has 4 aliphatic rings. The molecular weight excluding hydrogens is 582 g/mol. The van der Waals surface area contributed by atoms with E-state index in [1.807, 2.05) is 0 Å². The van der Waals surface area contributed by atoms with E-state index in [-0.39, 0.29) is 31.4 Å². The van der Waals surface area contributed by atoms with Gasteiger partial charge in [0.05, 0.1) is 43.1 Å². The Morgan fingerprint density at radius 1 is 1.02 bits per heavy atom. The van der Waals surface area contributed by atoms with Crippen molar-refractivity contribution < 1.29 is 49.6 Å². The van der Waals surface area contributed by atoms with Crippen LogP contribution in [0.3, 0.4) is 0 Å². The van der Waals surface area contributed by atoms with Gasteiger partial charge in [0.15, 0.2) is 6.29 Å². The average molecular weight is 636 g/mol. The maximum atomic E-state index is 13.1. The van der Waals surface area contributed by atoms with Gasteiger partial charge in [0.25, 0.3) is 5.91 Å². The van der Waals surface area contributed by atoms with Crippen molar-refractivity contribution in [2.45, 2.75) is 129 Å². The number of nitrogens with one attached hydrogen (secondary N) is 2. The average Bonchev–Trinajstić information content (AvgIpc) is 2.95. The minimum atomic E-state index is -1.68. The standard InChI is InChI=1S/C27H53N7O10/c28-4-3-12(36)8-33-9-13-1-2-14(30)23(42-13)18-15(31)5-16(34-26(40)27(41)6-11(29)7-27)24(21(18)38)44-25-22(39)19(32)20(37)17(10-35)43-25/h11-25,33,35-39,41H,1-10,28-32H2,(H,34,40)/t11?,12?,13-,14+,15-,16+,17+,18?,19-,20+,21-,22+,23-,24-,25+,27?/m0/s1. The van der Waals surface area contributed by atoms with Gasteiger partial charge in [-0.3, -0.25) is 4.79 Å². The van der Waals surface area contributed by atoms with Gasteiger partial charge in [0, 0.05) is 50.0 Å². The summed E-state index contributed by atoms with van der Waals surface area (Å²) in [5, 5.41) is 69.2. The number of hydrogen-bond donors (Lipinski definition) is 13. The summed E-state index contributed by atoms with van der Waals surface area (Å²) in [6.07, 6.45) is -7.93. The van der Waals surface area contributed by atoms with Gasteiger partial charge in [-0.25, -0.2) is 0 Å². The fourth-order valence-corrected chi connectivity index (χ4v) is 6.89. The molecule has 0 radical (unpaired) electrons. The first-order valence-electron chi connectivity index (χ1n) is 15.6. The summed E-state index contributed by atoms with van der Waals surface area (Å²) in [5.74, 6) is -1.47. The molecule has 4 fully saturated rings. The van der Waals surface area contributed by atoms with Crippen molar-refractivity contribution in [3.8, 4) is 0 Å². The largest absolute Gasteiger partial charge is 0.394 e. The van der Waals surface area contributed by atoms with E-state index in [1.165, 1.54) is 0 Å². The van der Waals surface area contributed by atoms with Crippen LogP contribution >= 0.6 is 0 Å². The summed E-state index contributed by atoms with van der Waals surface area (Å²) in [5.41, 5.74) is 28.7. The van der Waals surface area contributed by atoms with Crippen LogP contribution in [0.4, 0.5) is 0 Å². The molecule has 256 valence electrons. The van der Waals surface area contributed by atoms with E-state index < -0.39 is 97.2 Å². The number of aliphatic hydroxyl groups is 6. The number of carbonyl (C=O) groups is 1. The molecule has 2 heterocycles. The third-order valence-electron chi connectivity index (χ3n) is 9.54. The van der Waals surface area contributed by atoms with Crippen LogP contribution in [0.2, 0.25) is 0 Å². The van der Waals surface area contributed by atoms with Crippen molar-refractivity contribution >= 4 is 5.91 Å². The Morgan fingerprint density at radius 3 is 2.36 bits per heavy atom. The first-order valence-corrected chi connectivity index (χ1v) is 15.6. The molecule has 2 saturated carbocycles. The molecule has 0 aromatic carbocycles. The maximum absolute atomic E-state index is 13.1. The van der Waals surface area contributed by atoms with Gasteiger partial charge in [-0.15, -0.1) is 0 Å². The lowest BCUT2D eigenvalue weighted by Gasteiger charge is -2.51. The molecule has 0 aromatic rings. The number of nitrogens with two attached hydrogens (primary N) is 5. The molecule has 0 aromatic heterocycles. The van der Waals surface area contributed by atoms with Gasteiger partial charge in [-0.1, -0.05) is 0 Å². The van der Waals surface area contributed by atoms with Crippen molar-refractivity contribution in [1.82, 2.24) is 10.6 Å². The zero-order chi connectivity index (χ0) is 32.3. The van der Waals surface area contributed by atoms with Gasteiger partial charge in [0.2, 0.25) is 0 Å². The quantitative estimate of drug-likeness (QED) is 0.0947. The fraction of sp³-hybridized carbons (Fsp3) is 0.963. The highest BCUT2D eigenvalue weighted by Crippen LogP contribution is 2.38. The number of aliphatic hydroxyl groups excluding tert-OH is 5. The lowest BCUT2D eigenvalue weighted by molar-refractivity contribution is -0.306. The second-order valence-corrected chi connectivity index (χ2v) is 13.0. The SMILES string of the molecule is NCCC(O)CNC[C@@H]1CC[C@@H](N)[C@@H](C2[C@@H](N)C[C@@H](NC(=O)C3(O)CC(N)C3)[C@H](O[C@H]3O[C@H](CO)[C@@H](O)[C@H](N)[C@H]3O)[C@H]2O)O1. The predicted molar refractivity (Wildman–Crippen MR) is 155 cm³/mol. The highest BCUT2D eigenvalue weighted by molar-refractivity contribution is 5.86. The summed E-state index contributed by atoms with van der Waals surface area (Å²) < 4.78 is 18.1. The fourth-order valence-electron chi connectivity index (χ4n) is 6.89. The number of amides is 1. The molecule has 0 spiro atoms. The zero-order valence-corrected chi connectivity index (χ0v) is 24.9. The van der Waals surface area contributed by atoms with Gasteiger partial charge < -0.3 is 84.2 Å². The smallest absolute Gasteiger partial charge is 0.252 e. The van der Waals surface area contributed by atoms with E-state index in [4.69, 9.17) is 42.9 Å². The van der Waals surface area contributed by atoms with Crippen LogP contribution in [0.1, 0.15) is 38.5 Å². The van der Waals surface area contributed by atoms with E-state index in [0.29, 0.717) is 38.9 Å². The van der Waals surface area contributed by atoms with Crippen molar-refractivity contribution in [2.75, 3.05) is 26.2 Å². The number of rotatable bonds is 12. The van der Waals surface area contributed by atoms with Crippen LogP contribution in [-0.2, 0) is 19.0 Å². The minimum Gasteiger partial charge on any atom is -0.394 e. The van der Waals surface area contributed by atoms with E-state index >= 15 is 0 Å². The molecule has 2 aliphatic carbocycles. The van der Waals surface area contributed by atoms with E-state index in [9.17, 15) is 35.4 Å². The molecule has 44 heavy (non-hydrogen) atoms. The molecule has 2 aliphatic heterocycles. The molecule has 17 heteroatoms. The third kappa shape index (κ3) is 7.87. The first-order chi connectivity index (χ1) is 20.8. The minimum absolute atomic E-state index is 0.0626. The second kappa shape index (κ2) is 15.2. The van der Waals surface area contributed by atoms with Crippen molar-refractivity contribution in [3.63, 3.8) is 0 Å². The highest BCUT2D eigenvalue weighted by Gasteiger charge is 2.55. The van der Waals surface area contributed by atoms with Crippen LogP contribution < -0.4 is 39.3 Å². The number of hydrogen-bond acceptors (Lipinski definition) is 16. The Kier molecular flexibility index (Phi) is 12.3. The van der Waals surface area contributed by atoms with Crippen LogP contribution in [0.25, 0.3) is 0 Å². The van der Waals surface area contributed by atoms with Gasteiger partial charge in [-0.2, -0.15) is 0 Å². The number of ether oxygens (including phenoxy) is 3. The lowest BCUT2D eigenvalue weighted by Crippen LogP contribution is -2.70. The Labute approximate surface area is 256 Å². The molecule has 14 atom stereocenters. The maximum Gasteiger partial charge on any atom is 0.252 e. The zero-order valence-electron chi connectivity index (χ0n) is 24.9. The molecule has 0 bridgehead atoms. The Hall–Kier alpha value is -1.13. The Balaban J connectivity index is 1.52. The highest BCUT2D eigenvalue weighted by atomic mass is 16.7.